The fraction of sp³-hybridized carbons (Fsp3) is 0. The third-order valence-electron chi connectivity index (χ3n) is 4.78. The number of rotatable bonds is 4. The lowest BCUT2D eigenvalue weighted by Gasteiger charge is -2.07. The maximum absolute atomic E-state index is 12.7. The van der Waals surface area contributed by atoms with Crippen molar-refractivity contribution in [2.24, 2.45) is 0 Å². The van der Waals surface area contributed by atoms with E-state index in [4.69, 9.17) is 4.42 Å². The van der Waals surface area contributed by atoms with E-state index in [2.05, 4.69) is 15.5 Å². The molecular weight excluding hydrogens is 362 g/mol. The second-order valence-corrected chi connectivity index (χ2v) is 6.68. The number of aromatic nitrogens is 2. The van der Waals surface area contributed by atoms with Crippen LogP contribution in [0.15, 0.2) is 83.3 Å². The van der Waals surface area contributed by atoms with Crippen LogP contribution in [-0.2, 0) is 0 Å². The molecule has 1 amide bonds. The van der Waals surface area contributed by atoms with E-state index in [9.17, 15) is 4.79 Å². The number of furan rings is 1. The summed E-state index contributed by atoms with van der Waals surface area (Å²) in [6, 6.07) is 24.9. The van der Waals surface area contributed by atoms with Crippen LogP contribution in [0.25, 0.3) is 34.0 Å². The van der Waals surface area contributed by atoms with Gasteiger partial charge in [-0.05, 0) is 35.9 Å². The Morgan fingerprint density at radius 3 is 2.66 bits per heavy atom. The van der Waals surface area contributed by atoms with Crippen molar-refractivity contribution in [3.05, 3.63) is 95.9 Å². The van der Waals surface area contributed by atoms with Crippen LogP contribution in [0, 0.1) is 0 Å². The molecule has 2 heterocycles. The number of amides is 1. The Morgan fingerprint density at radius 2 is 1.72 bits per heavy atom. The van der Waals surface area contributed by atoms with Gasteiger partial charge in [0.15, 0.2) is 5.76 Å². The van der Waals surface area contributed by atoms with Gasteiger partial charge in [-0.3, -0.25) is 9.89 Å². The topological polar surface area (TPSA) is 70.9 Å². The van der Waals surface area contributed by atoms with Crippen molar-refractivity contribution in [1.29, 1.82) is 0 Å². The summed E-state index contributed by atoms with van der Waals surface area (Å²) in [4.78, 5) is 12.7. The smallest absolute Gasteiger partial charge is 0.291 e. The number of anilines is 1. The zero-order chi connectivity index (χ0) is 19.6. The SMILES string of the molecule is O=C(Nc1ccccc1C=Cc1n[nH]c2ccccc12)c1cc2ccccc2o1. The summed E-state index contributed by atoms with van der Waals surface area (Å²) >= 11 is 0. The molecule has 2 aromatic heterocycles. The number of carbonyl (C=O) groups excluding carboxylic acids is 1. The van der Waals surface area contributed by atoms with Crippen molar-refractivity contribution in [1.82, 2.24) is 10.2 Å². The van der Waals surface area contributed by atoms with Gasteiger partial charge in [-0.15, -0.1) is 0 Å². The number of aromatic amines is 1. The highest BCUT2D eigenvalue weighted by Crippen LogP contribution is 2.23. The number of hydrogen-bond acceptors (Lipinski definition) is 3. The third kappa shape index (κ3) is 3.30. The standard InChI is InChI=1S/C24H17N3O2/c28-24(23-15-17-8-2-6-12-22(17)29-23)25-19-10-4-1-7-16(19)13-14-21-18-9-3-5-11-20(18)26-27-21/h1-15H,(H,25,28)(H,26,27). The summed E-state index contributed by atoms with van der Waals surface area (Å²) in [6.45, 7) is 0. The summed E-state index contributed by atoms with van der Waals surface area (Å²) in [5.41, 5.74) is 4.10. The summed E-state index contributed by atoms with van der Waals surface area (Å²) in [5, 5.41) is 12.3. The molecule has 3 aromatic carbocycles. The zero-order valence-corrected chi connectivity index (χ0v) is 15.4. The molecule has 0 aliphatic heterocycles. The Kier molecular flexibility index (Phi) is 4.18. The number of nitrogens with one attached hydrogen (secondary N) is 2. The van der Waals surface area contributed by atoms with Crippen LogP contribution in [0.4, 0.5) is 5.69 Å². The van der Waals surface area contributed by atoms with Gasteiger partial charge in [0.1, 0.15) is 5.58 Å². The van der Waals surface area contributed by atoms with E-state index in [-0.39, 0.29) is 11.7 Å². The highest BCUT2D eigenvalue weighted by Gasteiger charge is 2.13. The highest BCUT2D eigenvalue weighted by atomic mass is 16.3. The van der Waals surface area contributed by atoms with Crippen LogP contribution < -0.4 is 5.32 Å². The highest BCUT2D eigenvalue weighted by molar-refractivity contribution is 6.05. The number of benzene rings is 3. The van der Waals surface area contributed by atoms with Crippen molar-refractivity contribution in [2.75, 3.05) is 5.32 Å². The Balaban J connectivity index is 1.42. The molecule has 0 saturated carbocycles. The van der Waals surface area contributed by atoms with E-state index in [0.29, 0.717) is 11.3 Å². The van der Waals surface area contributed by atoms with Crippen LogP contribution in [0.5, 0.6) is 0 Å². The molecule has 2 N–H and O–H groups in total. The average Bonchev–Trinajstić information content (AvgIpc) is 3.37. The van der Waals surface area contributed by atoms with Crippen LogP contribution >= 0.6 is 0 Å². The van der Waals surface area contributed by atoms with E-state index in [1.807, 2.05) is 84.9 Å². The second kappa shape index (κ2) is 7.13. The minimum Gasteiger partial charge on any atom is -0.451 e. The number of hydrogen-bond donors (Lipinski definition) is 2. The second-order valence-electron chi connectivity index (χ2n) is 6.68. The molecule has 0 atom stereocenters. The van der Waals surface area contributed by atoms with Crippen molar-refractivity contribution in [3.63, 3.8) is 0 Å². The average molecular weight is 379 g/mol. The van der Waals surface area contributed by atoms with Crippen molar-refractivity contribution in [2.45, 2.75) is 0 Å². The van der Waals surface area contributed by atoms with Crippen molar-refractivity contribution < 1.29 is 9.21 Å². The first kappa shape index (κ1) is 17.0. The molecule has 5 rings (SSSR count). The fourth-order valence-corrected chi connectivity index (χ4v) is 3.31. The van der Waals surface area contributed by atoms with Crippen LogP contribution in [0.2, 0.25) is 0 Å². The molecule has 0 spiro atoms. The van der Waals surface area contributed by atoms with Gasteiger partial charge >= 0.3 is 0 Å². The quantitative estimate of drug-likeness (QED) is 0.419. The first-order valence-corrected chi connectivity index (χ1v) is 9.28. The Bertz CT molecular complexity index is 1330. The number of fused-ring (bicyclic) bond motifs is 2. The van der Waals surface area contributed by atoms with Gasteiger partial charge in [0, 0.05) is 16.5 Å². The first-order chi connectivity index (χ1) is 14.3. The summed E-state index contributed by atoms with van der Waals surface area (Å²) in [5.74, 6) is -0.00412. The summed E-state index contributed by atoms with van der Waals surface area (Å²) in [6.07, 6.45) is 3.88. The first-order valence-electron chi connectivity index (χ1n) is 9.28. The Labute approximate surface area is 166 Å². The summed E-state index contributed by atoms with van der Waals surface area (Å²) in [7, 11) is 0. The van der Waals surface area contributed by atoms with E-state index >= 15 is 0 Å². The summed E-state index contributed by atoms with van der Waals surface area (Å²) < 4.78 is 5.66. The predicted octanol–water partition coefficient (Wildman–Crippen LogP) is 5.73. The van der Waals surface area contributed by atoms with Crippen molar-refractivity contribution >= 4 is 45.6 Å². The van der Waals surface area contributed by atoms with E-state index in [0.717, 1.165) is 27.5 Å². The van der Waals surface area contributed by atoms with E-state index in [1.165, 1.54) is 0 Å². The fourth-order valence-electron chi connectivity index (χ4n) is 3.31. The van der Waals surface area contributed by atoms with Crippen LogP contribution in [-0.4, -0.2) is 16.1 Å². The molecule has 5 aromatic rings. The van der Waals surface area contributed by atoms with Gasteiger partial charge in [0.05, 0.1) is 11.2 Å². The monoisotopic (exact) mass is 379 g/mol. The number of H-pyrrole nitrogens is 1. The normalized spacial score (nSPS) is 11.4. The minimum absolute atomic E-state index is 0.281. The molecule has 0 saturated heterocycles. The minimum atomic E-state index is -0.285. The Morgan fingerprint density at radius 1 is 0.931 bits per heavy atom. The lowest BCUT2D eigenvalue weighted by atomic mass is 10.1. The van der Waals surface area contributed by atoms with E-state index in [1.54, 1.807) is 6.07 Å². The van der Waals surface area contributed by atoms with Gasteiger partial charge < -0.3 is 9.73 Å². The molecule has 0 aliphatic rings. The number of nitrogens with zero attached hydrogens (tertiary/aromatic N) is 1. The van der Waals surface area contributed by atoms with Crippen molar-refractivity contribution in [3.8, 4) is 0 Å². The molecule has 5 heteroatoms. The number of para-hydroxylation sites is 3. The molecule has 140 valence electrons. The van der Waals surface area contributed by atoms with Gasteiger partial charge in [-0.25, -0.2) is 0 Å². The molecule has 29 heavy (non-hydrogen) atoms. The van der Waals surface area contributed by atoms with E-state index < -0.39 is 0 Å². The lowest BCUT2D eigenvalue weighted by Crippen LogP contribution is -2.11. The molecule has 0 aliphatic carbocycles. The Hall–Kier alpha value is -4.12. The van der Waals surface area contributed by atoms with Crippen LogP contribution in [0.1, 0.15) is 21.8 Å². The molecule has 0 bridgehead atoms. The number of carbonyl (C=O) groups is 1. The molecule has 0 fully saturated rings. The third-order valence-corrected chi connectivity index (χ3v) is 4.78. The maximum atomic E-state index is 12.7. The lowest BCUT2D eigenvalue weighted by molar-refractivity contribution is 0.0998. The molecule has 0 unspecified atom stereocenters. The van der Waals surface area contributed by atoms with Gasteiger partial charge in [-0.2, -0.15) is 5.10 Å². The molecule has 0 radical (unpaired) electrons. The van der Waals surface area contributed by atoms with Crippen LogP contribution in [0.3, 0.4) is 0 Å². The largest absolute Gasteiger partial charge is 0.451 e. The molecule has 5 nitrogen and oxygen atoms in total. The molecular formula is C24H17N3O2. The van der Waals surface area contributed by atoms with Gasteiger partial charge in [0.2, 0.25) is 0 Å². The van der Waals surface area contributed by atoms with Gasteiger partial charge in [0.25, 0.3) is 5.91 Å². The predicted molar refractivity (Wildman–Crippen MR) is 116 cm³/mol. The van der Waals surface area contributed by atoms with Gasteiger partial charge in [-0.1, -0.05) is 60.7 Å². The zero-order valence-electron chi connectivity index (χ0n) is 15.4. The maximum Gasteiger partial charge on any atom is 0.291 e.